The Bertz CT molecular complexity index is 136. The van der Waals surface area contributed by atoms with E-state index < -0.39 is 0 Å². The largest absolute Gasteiger partial charge is 0.392 e. The summed E-state index contributed by atoms with van der Waals surface area (Å²) in [4.78, 5) is 0. The van der Waals surface area contributed by atoms with E-state index in [0.29, 0.717) is 0 Å². The van der Waals surface area contributed by atoms with Crippen LogP contribution in [0.5, 0.6) is 0 Å². The van der Waals surface area contributed by atoms with Crippen LogP contribution < -0.4 is 0 Å². The monoisotopic (exact) mass is 126 g/mol. The molecule has 0 aliphatic heterocycles. The summed E-state index contributed by atoms with van der Waals surface area (Å²) < 4.78 is 0. The van der Waals surface area contributed by atoms with Crippen LogP contribution in [0.2, 0.25) is 0 Å². The normalized spacial score (nSPS) is 33.2. The molecule has 1 fully saturated rings. The molecule has 1 nitrogen and oxygen atoms in total. The Morgan fingerprint density at radius 3 is 2.33 bits per heavy atom. The smallest absolute Gasteiger partial charge is 0.0631 e. The van der Waals surface area contributed by atoms with Gasteiger partial charge in [0.25, 0.3) is 0 Å². The predicted octanol–water partition coefficient (Wildman–Crippen LogP) is 1.72. The first-order valence-electron chi connectivity index (χ1n) is 3.41. The molecule has 1 unspecified atom stereocenters. The average molecular weight is 126 g/mol. The zero-order valence-electron chi connectivity index (χ0n) is 6.15. The highest BCUT2D eigenvalue weighted by atomic mass is 16.3. The van der Waals surface area contributed by atoms with Crippen molar-refractivity contribution < 1.29 is 5.11 Å². The lowest BCUT2D eigenvalue weighted by Gasteiger charge is -2.23. The molecule has 0 bridgehead atoms. The second kappa shape index (κ2) is 1.84. The second-order valence-corrected chi connectivity index (χ2v) is 3.38. The van der Waals surface area contributed by atoms with Crippen molar-refractivity contribution in [2.45, 2.75) is 32.8 Å². The van der Waals surface area contributed by atoms with Gasteiger partial charge in [0.2, 0.25) is 0 Å². The van der Waals surface area contributed by atoms with Crippen molar-refractivity contribution in [2.75, 3.05) is 0 Å². The quantitative estimate of drug-likeness (QED) is 0.490. The van der Waals surface area contributed by atoms with E-state index in [0.717, 1.165) is 12.8 Å². The van der Waals surface area contributed by atoms with Crippen LogP contribution in [0.25, 0.3) is 0 Å². The van der Waals surface area contributed by atoms with Gasteiger partial charge in [-0.1, -0.05) is 26.0 Å². The lowest BCUT2D eigenvalue weighted by molar-refractivity contribution is 0.0959. The van der Waals surface area contributed by atoms with Crippen LogP contribution >= 0.6 is 0 Å². The molecule has 0 aromatic carbocycles. The fourth-order valence-corrected chi connectivity index (χ4v) is 1.23. The van der Waals surface area contributed by atoms with Crippen molar-refractivity contribution in [2.24, 2.45) is 5.41 Å². The van der Waals surface area contributed by atoms with Gasteiger partial charge in [-0.05, 0) is 12.8 Å². The minimum absolute atomic E-state index is 0.0278. The maximum Gasteiger partial charge on any atom is 0.0631 e. The fraction of sp³-hybridized carbons (Fsp3) is 0.750. The van der Waals surface area contributed by atoms with Crippen LogP contribution in [0.15, 0.2) is 12.2 Å². The predicted molar refractivity (Wildman–Crippen MR) is 38.2 cm³/mol. The van der Waals surface area contributed by atoms with E-state index in [-0.39, 0.29) is 11.5 Å². The summed E-state index contributed by atoms with van der Waals surface area (Å²) >= 11 is 0. The van der Waals surface area contributed by atoms with E-state index in [1.807, 2.05) is 13.8 Å². The molecule has 1 heteroatoms. The maximum atomic E-state index is 9.37. The van der Waals surface area contributed by atoms with E-state index in [4.69, 9.17) is 0 Å². The van der Waals surface area contributed by atoms with Gasteiger partial charge in [-0.15, -0.1) is 0 Å². The molecule has 0 spiro atoms. The molecular weight excluding hydrogens is 112 g/mol. The summed E-state index contributed by atoms with van der Waals surface area (Å²) in [6.07, 6.45) is 1.73. The molecule has 52 valence electrons. The molecule has 1 saturated carbocycles. The molecule has 0 radical (unpaired) electrons. The van der Waals surface area contributed by atoms with E-state index >= 15 is 0 Å². The van der Waals surface area contributed by atoms with Crippen LogP contribution in [0, 0.1) is 5.41 Å². The Labute approximate surface area is 56.4 Å². The van der Waals surface area contributed by atoms with Gasteiger partial charge in [0.05, 0.1) is 6.10 Å². The average Bonchev–Trinajstić information content (AvgIpc) is 1.96. The second-order valence-electron chi connectivity index (χ2n) is 3.38. The van der Waals surface area contributed by atoms with Gasteiger partial charge in [-0.3, -0.25) is 0 Å². The van der Waals surface area contributed by atoms with E-state index in [1.165, 1.54) is 5.57 Å². The summed E-state index contributed by atoms with van der Waals surface area (Å²) in [7, 11) is 0. The first-order chi connectivity index (χ1) is 4.05. The Morgan fingerprint density at radius 2 is 2.22 bits per heavy atom. The van der Waals surface area contributed by atoms with Gasteiger partial charge in [0.1, 0.15) is 0 Å². The van der Waals surface area contributed by atoms with Gasteiger partial charge < -0.3 is 5.11 Å². The van der Waals surface area contributed by atoms with Gasteiger partial charge >= 0.3 is 0 Å². The third kappa shape index (κ3) is 0.897. The van der Waals surface area contributed by atoms with Crippen LogP contribution in [0.1, 0.15) is 26.7 Å². The maximum absolute atomic E-state index is 9.37. The van der Waals surface area contributed by atoms with Crippen LogP contribution in [-0.4, -0.2) is 11.2 Å². The fourth-order valence-electron chi connectivity index (χ4n) is 1.23. The molecule has 9 heavy (non-hydrogen) atoms. The van der Waals surface area contributed by atoms with Crippen molar-refractivity contribution in [1.82, 2.24) is 0 Å². The van der Waals surface area contributed by atoms with Crippen molar-refractivity contribution in [1.29, 1.82) is 0 Å². The molecule has 1 atom stereocenters. The van der Waals surface area contributed by atoms with E-state index in [1.54, 1.807) is 0 Å². The van der Waals surface area contributed by atoms with Crippen LogP contribution in [-0.2, 0) is 0 Å². The van der Waals surface area contributed by atoms with E-state index in [2.05, 4.69) is 6.58 Å². The molecule has 0 saturated heterocycles. The highest BCUT2D eigenvalue weighted by molar-refractivity contribution is 5.15. The molecule has 0 aromatic rings. The highest BCUT2D eigenvalue weighted by Crippen LogP contribution is 2.40. The number of aliphatic hydroxyl groups is 1. The van der Waals surface area contributed by atoms with Crippen LogP contribution in [0.3, 0.4) is 0 Å². The molecule has 1 aliphatic carbocycles. The third-order valence-electron chi connectivity index (χ3n) is 2.46. The Balaban J connectivity index is 2.78. The number of rotatable bonds is 0. The number of hydrogen-bond donors (Lipinski definition) is 1. The molecule has 0 aromatic heterocycles. The minimum atomic E-state index is -0.162. The van der Waals surface area contributed by atoms with Crippen molar-refractivity contribution in [3.8, 4) is 0 Å². The molecular formula is C8H14O. The summed E-state index contributed by atoms with van der Waals surface area (Å²) in [6.45, 7) is 7.99. The first kappa shape index (κ1) is 6.81. The summed E-state index contributed by atoms with van der Waals surface area (Å²) in [5.74, 6) is 0. The van der Waals surface area contributed by atoms with Crippen molar-refractivity contribution in [3.05, 3.63) is 12.2 Å². The van der Waals surface area contributed by atoms with Gasteiger partial charge in [0, 0.05) is 5.41 Å². The van der Waals surface area contributed by atoms with Crippen molar-refractivity contribution >= 4 is 0 Å². The van der Waals surface area contributed by atoms with Gasteiger partial charge in [0.15, 0.2) is 0 Å². The number of aliphatic hydroxyl groups excluding tert-OH is 1. The first-order valence-corrected chi connectivity index (χ1v) is 3.41. The summed E-state index contributed by atoms with van der Waals surface area (Å²) in [5.41, 5.74) is 1.16. The number of hydrogen-bond acceptors (Lipinski definition) is 1. The summed E-state index contributed by atoms with van der Waals surface area (Å²) in [6, 6.07) is 0. The SMILES string of the molecule is C=C1CCC(O)C1(C)C. The molecule has 1 rings (SSSR count). The Hall–Kier alpha value is -0.300. The zero-order valence-corrected chi connectivity index (χ0v) is 6.15. The zero-order chi connectivity index (χ0) is 7.07. The van der Waals surface area contributed by atoms with Crippen molar-refractivity contribution in [3.63, 3.8) is 0 Å². The Morgan fingerprint density at radius 1 is 1.67 bits per heavy atom. The lowest BCUT2D eigenvalue weighted by Crippen LogP contribution is -2.23. The highest BCUT2D eigenvalue weighted by Gasteiger charge is 2.35. The van der Waals surface area contributed by atoms with E-state index in [9.17, 15) is 5.11 Å². The van der Waals surface area contributed by atoms with Gasteiger partial charge in [-0.2, -0.15) is 0 Å². The standard InChI is InChI=1S/C8H14O/c1-6-4-5-7(9)8(6,2)3/h7,9H,1,4-5H2,2-3H3. The lowest BCUT2D eigenvalue weighted by atomic mass is 9.86. The molecule has 0 amide bonds. The third-order valence-corrected chi connectivity index (χ3v) is 2.46. The summed E-state index contributed by atoms with van der Waals surface area (Å²) in [5, 5.41) is 9.37. The topological polar surface area (TPSA) is 20.2 Å². The molecule has 1 aliphatic rings. The Kier molecular flexibility index (Phi) is 1.39. The molecule has 1 N–H and O–H groups in total. The van der Waals surface area contributed by atoms with Gasteiger partial charge in [-0.25, -0.2) is 0 Å². The molecule has 0 heterocycles. The minimum Gasteiger partial charge on any atom is -0.392 e. The van der Waals surface area contributed by atoms with Crippen LogP contribution in [0.4, 0.5) is 0 Å².